The lowest BCUT2D eigenvalue weighted by Crippen LogP contribution is -2.50. The molecule has 1 aromatic rings. The van der Waals surface area contributed by atoms with Crippen LogP contribution in [-0.4, -0.2) is 18.9 Å². The number of anilines is 1. The minimum atomic E-state index is -0.552. The molecule has 0 bridgehead atoms. The van der Waals surface area contributed by atoms with Gasteiger partial charge in [0.25, 0.3) is 0 Å². The Hall–Kier alpha value is -1.57. The number of rotatable bonds is 5. The molecule has 0 heterocycles. The molecule has 1 rings (SSSR count). The van der Waals surface area contributed by atoms with Crippen LogP contribution in [0.15, 0.2) is 43.0 Å². The van der Waals surface area contributed by atoms with Gasteiger partial charge in [-0.05, 0) is 19.1 Å². The normalized spacial score (nSPS) is 15.9. The van der Waals surface area contributed by atoms with Crippen LogP contribution in [0.25, 0.3) is 0 Å². The van der Waals surface area contributed by atoms with E-state index in [0.29, 0.717) is 0 Å². The van der Waals surface area contributed by atoms with Gasteiger partial charge in [-0.15, -0.1) is 6.58 Å². The van der Waals surface area contributed by atoms with Crippen LogP contribution in [-0.2, 0) is 4.79 Å². The summed E-state index contributed by atoms with van der Waals surface area (Å²) in [5.41, 5.74) is 0.481. The molecule has 0 spiro atoms. The summed E-state index contributed by atoms with van der Waals surface area (Å²) in [5, 5.41) is 0. The lowest BCUT2D eigenvalue weighted by Gasteiger charge is -2.39. The first kappa shape index (κ1) is 12.5. The van der Waals surface area contributed by atoms with Gasteiger partial charge in [0.1, 0.15) is 6.29 Å². The molecule has 16 heavy (non-hydrogen) atoms. The van der Waals surface area contributed by atoms with Gasteiger partial charge in [0, 0.05) is 18.7 Å². The standard InChI is InChI=1S/C14H19NO/c1-5-12(2)14(3,11-16)15(4)13-9-7-6-8-10-13/h5-12H,1H2,2-4H3. The second kappa shape index (κ2) is 4.97. The number of benzene rings is 1. The molecule has 0 aliphatic carbocycles. The molecule has 2 heteroatoms. The summed E-state index contributed by atoms with van der Waals surface area (Å²) in [5.74, 6) is 0.0928. The maximum atomic E-state index is 11.4. The molecule has 0 aromatic heterocycles. The Balaban J connectivity index is 3.06. The van der Waals surface area contributed by atoms with E-state index < -0.39 is 5.54 Å². The Morgan fingerprint density at radius 1 is 1.38 bits per heavy atom. The predicted octanol–water partition coefficient (Wildman–Crippen LogP) is 2.90. The van der Waals surface area contributed by atoms with Gasteiger partial charge < -0.3 is 9.69 Å². The van der Waals surface area contributed by atoms with Gasteiger partial charge in [-0.25, -0.2) is 0 Å². The SMILES string of the molecule is C=CC(C)C(C)(C=O)N(C)c1ccccc1. The summed E-state index contributed by atoms with van der Waals surface area (Å²) in [6.45, 7) is 7.70. The fourth-order valence-electron chi connectivity index (χ4n) is 1.66. The van der Waals surface area contributed by atoms with Crippen molar-refractivity contribution < 1.29 is 4.79 Å². The molecule has 0 saturated carbocycles. The van der Waals surface area contributed by atoms with E-state index in [1.807, 2.05) is 62.2 Å². The average molecular weight is 217 g/mol. The topological polar surface area (TPSA) is 20.3 Å². The molecule has 0 aliphatic heterocycles. The van der Waals surface area contributed by atoms with Crippen LogP contribution in [0.4, 0.5) is 5.69 Å². The van der Waals surface area contributed by atoms with Crippen molar-refractivity contribution >= 4 is 12.0 Å². The van der Waals surface area contributed by atoms with Crippen LogP contribution >= 0.6 is 0 Å². The van der Waals surface area contributed by atoms with Crippen molar-refractivity contribution in [3.63, 3.8) is 0 Å². The minimum Gasteiger partial charge on any atom is -0.362 e. The summed E-state index contributed by atoms with van der Waals surface area (Å²) in [4.78, 5) is 13.3. The van der Waals surface area contributed by atoms with Crippen molar-refractivity contribution in [2.75, 3.05) is 11.9 Å². The lowest BCUT2D eigenvalue weighted by molar-refractivity contribution is -0.112. The maximum Gasteiger partial charge on any atom is 0.145 e. The minimum absolute atomic E-state index is 0.0928. The van der Waals surface area contributed by atoms with Crippen molar-refractivity contribution in [2.45, 2.75) is 19.4 Å². The Morgan fingerprint density at radius 2 is 1.94 bits per heavy atom. The van der Waals surface area contributed by atoms with E-state index in [1.165, 1.54) is 0 Å². The average Bonchev–Trinajstić information content (AvgIpc) is 2.36. The van der Waals surface area contributed by atoms with Gasteiger partial charge in [0.2, 0.25) is 0 Å². The van der Waals surface area contributed by atoms with E-state index in [-0.39, 0.29) is 5.92 Å². The third-order valence-corrected chi connectivity index (χ3v) is 3.38. The molecule has 2 unspecified atom stereocenters. The number of hydrogen-bond donors (Lipinski definition) is 0. The highest BCUT2D eigenvalue weighted by Crippen LogP contribution is 2.27. The van der Waals surface area contributed by atoms with Gasteiger partial charge in [-0.3, -0.25) is 0 Å². The van der Waals surface area contributed by atoms with E-state index in [2.05, 4.69) is 6.58 Å². The zero-order valence-corrected chi connectivity index (χ0v) is 10.2. The van der Waals surface area contributed by atoms with Crippen LogP contribution in [0, 0.1) is 5.92 Å². The number of carbonyl (C=O) groups excluding carboxylic acids is 1. The summed E-state index contributed by atoms with van der Waals surface area (Å²) < 4.78 is 0. The van der Waals surface area contributed by atoms with Gasteiger partial charge in [0.05, 0.1) is 5.54 Å². The van der Waals surface area contributed by atoms with Crippen LogP contribution < -0.4 is 4.90 Å². The first-order valence-corrected chi connectivity index (χ1v) is 5.44. The van der Waals surface area contributed by atoms with E-state index in [0.717, 1.165) is 12.0 Å². The van der Waals surface area contributed by atoms with Gasteiger partial charge in [0.15, 0.2) is 0 Å². The number of aldehydes is 1. The number of para-hydroxylation sites is 1. The number of carbonyl (C=O) groups is 1. The quantitative estimate of drug-likeness (QED) is 0.558. The Kier molecular flexibility index (Phi) is 3.88. The highest BCUT2D eigenvalue weighted by Gasteiger charge is 2.33. The van der Waals surface area contributed by atoms with Crippen molar-refractivity contribution in [2.24, 2.45) is 5.92 Å². The monoisotopic (exact) mass is 217 g/mol. The van der Waals surface area contributed by atoms with Crippen LogP contribution in [0.5, 0.6) is 0 Å². The molecular formula is C14H19NO. The van der Waals surface area contributed by atoms with Crippen LogP contribution in [0.3, 0.4) is 0 Å². The summed E-state index contributed by atoms with van der Waals surface area (Å²) in [6.07, 6.45) is 2.81. The molecule has 2 atom stereocenters. The first-order chi connectivity index (χ1) is 7.56. The van der Waals surface area contributed by atoms with Crippen molar-refractivity contribution in [1.82, 2.24) is 0 Å². The Labute approximate surface area is 97.6 Å². The molecule has 2 nitrogen and oxygen atoms in total. The van der Waals surface area contributed by atoms with Gasteiger partial charge in [-0.1, -0.05) is 31.2 Å². The highest BCUT2D eigenvalue weighted by molar-refractivity contribution is 5.72. The smallest absolute Gasteiger partial charge is 0.145 e. The largest absolute Gasteiger partial charge is 0.362 e. The second-order valence-electron chi connectivity index (χ2n) is 4.26. The molecule has 1 aromatic carbocycles. The second-order valence-corrected chi connectivity index (χ2v) is 4.26. The Morgan fingerprint density at radius 3 is 2.38 bits per heavy atom. The van der Waals surface area contributed by atoms with E-state index in [4.69, 9.17) is 0 Å². The fraction of sp³-hybridized carbons (Fsp3) is 0.357. The zero-order valence-electron chi connectivity index (χ0n) is 10.2. The molecule has 0 fully saturated rings. The molecule has 0 saturated heterocycles. The number of likely N-dealkylation sites (N-methyl/N-ethyl adjacent to an activating group) is 1. The van der Waals surface area contributed by atoms with E-state index >= 15 is 0 Å². The van der Waals surface area contributed by atoms with Crippen LogP contribution in [0.1, 0.15) is 13.8 Å². The van der Waals surface area contributed by atoms with Gasteiger partial charge >= 0.3 is 0 Å². The first-order valence-electron chi connectivity index (χ1n) is 5.44. The lowest BCUT2D eigenvalue weighted by atomic mass is 9.86. The van der Waals surface area contributed by atoms with E-state index in [9.17, 15) is 4.79 Å². The molecule has 0 N–H and O–H groups in total. The summed E-state index contributed by atoms with van der Waals surface area (Å²) >= 11 is 0. The highest BCUT2D eigenvalue weighted by atomic mass is 16.1. The summed E-state index contributed by atoms with van der Waals surface area (Å²) in [7, 11) is 1.93. The molecule has 86 valence electrons. The maximum absolute atomic E-state index is 11.4. The molecule has 0 radical (unpaired) electrons. The predicted molar refractivity (Wildman–Crippen MR) is 68.7 cm³/mol. The number of hydrogen-bond acceptors (Lipinski definition) is 2. The Bertz CT molecular complexity index is 360. The van der Waals surface area contributed by atoms with Crippen molar-refractivity contribution in [3.8, 4) is 0 Å². The molecule has 0 amide bonds. The van der Waals surface area contributed by atoms with E-state index in [1.54, 1.807) is 0 Å². The molecular weight excluding hydrogens is 198 g/mol. The third-order valence-electron chi connectivity index (χ3n) is 3.38. The van der Waals surface area contributed by atoms with Crippen LogP contribution in [0.2, 0.25) is 0 Å². The van der Waals surface area contributed by atoms with Gasteiger partial charge in [-0.2, -0.15) is 0 Å². The zero-order chi connectivity index (χ0) is 12.2. The fourth-order valence-corrected chi connectivity index (χ4v) is 1.66. The molecule has 0 aliphatic rings. The van der Waals surface area contributed by atoms with Crippen molar-refractivity contribution in [1.29, 1.82) is 0 Å². The summed E-state index contributed by atoms with van der Waals surface area (Å²) in [6, 6.07) is 9.90. The number of nitrogens with zero attached hydrogens (tertiary/aromatic N) is 1. The third kappa shape index (κ3) is 2.16. The van der Waals surface area contributed by atoms with Crippen molar-refractivity contribution in [3.05, 3.63) is 43.0 Å².